The Hall–Kier alpha value is -0.830. The average molecular weight is 512 g/mol. The molecule has 1 saturated heterocycles. The van der Waals surface area contributed by atoms with Gasteiger partial charge >= 0.3 is 5.97 Å². The highest BCUT2D eigenvalue weighted by Gasteiger charge is 2.61. The maximum atomic E-state index is 11.8. The first kappa shape index (κ1) is 27.7. The Bertz CT molecular complexity index is 843. The van der Waals surface area contributed by atoms with Crippen LogP contribution in [0.1, 0.15) is 125 Å². The maximum absolute atomic E-state index is 11.8. The monoisotopic (exact) mass is 511 g/mol. The molecule has 4 fully saturated rings. The summed E-state index contributed by atoms with van der Waals surface area (Å²) >= 11 is 0. The van der Waals surface area contributed by atoms with Gasteiger partial charge in [-0.25, -0.2) is 0 Å². The molecule has 4 aliphatic carbocycles. The van der Waals surface area contributed by atoms with Crippen molar-refractivity contribution in [1.29, 1.82) is 0 Å². The molecule has 3 nitrogen and oxygen atoms in total. The van der Waals surface area contributed by atoms with Gasteiger partial charge in [-0.1, -0.05) is 72.0 Å². The van der Waals surface area contributed by atoms with Crippen LogP contribution in [-0.2, 0) is 9.53 Å². The molecule has 0 aromatic carbocycles. The number of fused-ring (bicyclic) bond motifs is 5. The Morgan fingerprint density at radius 1 is 1.00 bits per heavy atom. The SMILES string of the molecule is CC(=O)O[C@H]1CC[C@@]2(C)C(=C[C@@H](N3CCCCC3)[C@@H]3[C@H]4CC[C@@H]([C@@H](C)CCCC(C)C)[C@]4(C)CC[C@H]32)C1. The van der Waals surface area contributed by atoms with Crippen molar-refractivity contribution in [2.45, 2.75) is 137 Å². The Morgan fingerprint density at radius 2 is 1.76 bits per heavy atom. The topological polar surface area (TPSA) is 29.5 Å². The van der Waals surface area contributed by atoms with E-state index in [9.17, 15) is 4.79 Å². The van der Waals surface area contributed by atoms with Crippen LogP contribution in [0.4, 0.5) is 0 Å². The summed E-state index contributed by atoms with van der Waals surface area (Å²) in [6, 6.07) is 0.601. The summed E-state index contributed by atoms with van der Waals surface area (Å²) in [6.45, 7) is 16.8. The van der Waals surface area contributed by atoms with Crippen molar-refractivity contribution in [2.75, 3.05) is 13.1 Å². The van der Waals surface area contributed by atoms with Crippen LogP contribution in [0.15, 0.2) is 11.6 Å². The van der Waals surface area contributed by atoms with E-state index in [0.717, 1.165) is 48.3 Å². The van der Waals surface area contributed by atoms with E-state index in [4.69, 9.17) is 4.74 Å². The number of hydrogen-bond acceptors (Lipinski definition) is 3. The summed E-state index contributed by atoms with van der Waals surface area (Å²) in [5.41, 5.74) is 2.46. The van der Waals surface area contributed by atoms with Crippen molar-refractivity contribution >= 4 is 5.97 Å². The summed E-state index contributed by atoms with van der Waals surface area (Å²) in [6.07, 6.45) is 20.2. The molecule has 1 aliphatic heterocycles. The van der Waals surface area contributed by atoms with Crippen LogP contribution in [0.3, 0.4) is 0 Å². The van der Waals surface area contributed by atoms with Crippen LogP contribution < -0.4 is 0 Å². The van der Waals surface area contributed by atoms with Gasteiger partial charge in [-0.05, 0) is 111 Å². The number of rotatable bonds is 7. The number of nitrogens with zero attached hydrogens (tertiary/aromatic N) is 1. The van der Waals surface area contributed by atoms with E-state index >= 15 is 0 Å². The van der Waals surface area contributed by atoms with Gasteiger partial charge in [0.25, 0.3) is 0 Å². The number of carbonyl (C=O) groups excluding carboxylic acids is 1. The van der Waals surface area contributed by atoms with Crippen molar-refractivity contribution in [3.63, 3.8) is 0 Å². The molecule has 0 aromatic heterocycles. The lowest BCUT2D eigenvalue weighted by atomic mass is 9.45. The van der Waals surface area contributed by atoms with E-state index in [0.29, 0.717) is 16.9 Å². The molecule has 5 aliphatic rings. The lowest BCUT2D eigenvalue weighted by Crippen LogP contribution is -2.59. The zero-order valence-electron chi connectivity index (χ0n) is 25.1. The molecule has 5 rings (SSSR count). The molecule has 0 bridgehead atoms. The molecule has 1 heterocycles. The molecule has 210 valence electrons. The number of hydrogen-bond donors (Lipinski definition) is 0. The molecule has 0 N–H and O–H groups in total. The van der Waals surface area contributed by atoms with E-state index in [1.54, 1.807) is 12.5 Å². The summed E-state index contributed by atoms with van der Waals surface area (Å²) in [5, 5.41) is 0. The fourth-order valence-electron chi connectivity index (χ4n) is 10.5. The minimum absolute atomic E-state index is 0.0896. The van der Waals surface area contributed by atoms with Crippen LogP contribution in [0.2, 0.25) is 0 Å². The van der Waals surface area contributed by atoms with Crippen LogP contribution >= 0.6 is 0 Å². The molecule has 0 aromatic rings. The van der Waals surface area contributed by atoms with E-state index in [1.807, 2.05) is 0 Å². The molecule has 3 heteroatoms. The maximum Gasteiger partial charge on any atom is 0.302 e. The molecular formula is C34H57NO2. The lowest BCUT2D eigenvalue weighted by Gasteiger charge is -2.62. The Morgan fingerprint density at radius 3 is 2.46 bits per heavy atom. The Labute approximate surface area is 228 Å². The lowest BCUT2D eigenvalue weighted by molar-refractivity contribution is -0.149. The van der Waals surface area contributed by atoms with Crippen LogP contribution in [0.5, 0.6) is 0 Å². The van der Waals surface area contributed by atoms with Crippen LogP contribution in [0.25, 0.3) is 0 Å². The molecule has 3 saturated carbocycles. The minimum atomic E-state index is -0.108. The third-order valence-corrected chi connectivity index (χ3v) is 12.4. The highest BCUT2D eigenvalue weighted by molar-refractivity contribution is 5.66. The van der Waals surface area contributed by atoms with E-state index in [2.05, 4.69) is 45.6 Å². The van der Waals surface area contributed by atoms with Gasteiger partial charge in [-0.15, -0.1) is 0 Å². The standard InChI is InChI=1S/C34H57NO2/c1-23(2)11-10-12-24(3)28-13-14-29-32-30(16-18-34(28,29)6)33(5)17-15-27(37-25(4)36)21-26(33)22-31(32)35-19-8-7-9-20-35/h22-24,27-32H,7-21H2,1-6H3/t24-,27-,28-,29+,30+,31+,32+,33-,34-/m0/s1. The highest BCUT2D eigenvalue weighted by Crippen LogP contribution is 2.68. The number of piperidine rings is 1. The number of carbonyl (C=O) groups is 1. The third kappa shape index (κ3) is 5.21. The van der Waals surface area contributed by atoms with Gasteiger partial charge in [0.05, 0.1) is 0 Å². The molecule has 0 spiro atoms. The van der Waals surface area contributed by atoms with E-state index < -0.39 is 0 Å². The average Bonchev–Trinajstić information content (AvgIpc) is 3.21. The molecular weight excluding hydrogens is 454 g/mol. The number of likely N-dealkylation sites (tertiary alicyclic amines) is 1. The molecule has 9 atom stereocenters. The van der Waals surface area contributed by atoms with E-state index in [-0.39, 0.29) is 12.1 Å². The van der Waals surface area contributed by atoms with Crippen LogP contribution in [0, 0.1) is 46.3 Å². The van der Waals surface area contributed by atoms with Crippen LogP contribution in [-0.4, -0.2) is 36.1 Å². The van der Waals surface area contributed by atoms with Gasteiger partial charge in [0.15, 0.2) is 0 Å². The summed E-state index contributed by atoms with van der Waals surface area (Å²) in [5.74, 6) is 4.97. The van der Waals surface area contributed by atoms with Gasteiger partial charge in [0.2, 0.25) is 0 Å². The van der Waals surface area contributed by atoms with Gasteiger partial charge in [0.1, 0.15) is 6.10 Å². The molecule has 0 amide bonds. The second-order valence-electron chi connectivity index (χ2n) is 15.0. The van der Waals surface area contributed by atoms with Crippen molar-refractivity contribution in [3.8, 4) is 0 Å². The van der Waals surface area contributed by atoms with Gasteiger partial charge in [-0.2, -0.15) is 0 Å². The number of ether oxygens (including phenoxy) is 1. The Kier molecular flexibility index (Phi) is 8.22. The van der Waals surface area contributed by atoms with Crippen molar-refractivity contribution in [1.82, 2.24) is 4.90 Å². The van der Waals surface area contributed by atoms with Gasteiger partial charge < -0.3 is 4.74 Å². The second-order valence-corrected chi connectivity index (χ2v) is 15.0. The second kappa shape index (κ2) is 11.0. The summed E-state index contributed by atoms with van der Waals surface area (Å²) < 4.78 is 5.78. The van der Waals surface area contributed by atoms with Crippen molar-refractivity contribution in [3.05, 3.63) is 11.6 Å². The normalized spacial score (nSPS) is 42.9. The predicted octanol–water partition coefficient (Wildman–Crippen LogP) is 8.42. The first-order chi connectivity index (χ1) is 17.6. The Balaban J connectivity index is 1.43. The fraction of sp³-hybridized carbons (Fsp3) is 0.912. The molecule has 0 unspecified atom stereocenters. The predicted molar refractivity (Wildman–Crippen MR) is 153 cm³/mol. The summed E-state index contributed by atoms with van der Waals surface area (Å²) in [7, 11) is 0. The molecule has 0 radical (unpaired) electrons. The zero-order chi connectivity index (χ0) is 26.4. The summed E-state index contributed by atoms with van der Waals surface area (Å²) in [4.78, 5) is 14.7. The first-order valence-corrected chi connectivity index (χ1v) is 16.3. The zero-order valence-corrected chi connectivity index (χ0v) is 25.1. The fourth-order valence-corrected chi connectivity index (χ4v) is 10.5. The van der Waals surface area contributed by atoms with Gasteiger partial charge in [0, 0.05) is 19.4 Å². The van der Waals surface area contributed by atoms with Crippen molar-refractivity contribution < 1.29 is 9.53 Å². The largest absolute Gasteiger partial charge is 0.462 e. The number of esters is 1. The minimum Gasteiger partial charge on any atom is -0.462 e. The first-order valence-electron chi connectivity index (χ1n) is 16.3. The quantitative estimate of drug-likeness (QED) is 0.254. The third-order valence-electron chi connectivity index (χ3n) is 12.4. The van der Waals surface area contributed by atoms with Crippen molar-refractivity contribution in [2.24, 2.45) is 46.3 Å². The highest BCUT2D eigenvalue weighted by atomic mass is 16.5. The van der Waals surface area contributed by atoms with E-state index in [1.165, 1.54) is 83.7 Å². The van der Waals surface area contributed by atoms with Gasteiger partial charge in [-0.3, -0.25) is 9.69 Å². The molecule has 37 heavy (non-hydrogen) atoms. The smallest absolute Gasteiger partial charge is 0.302 e.